The van der Waals surface area contributed by atoms with Gasteiger partial charge in [0, 0.05) is 12.6 Å². The summed E-state index contributed by atoms with van der Waals surface area (Å²) in [5.41, 5.74) is -0.0603. The lowest BCUT2D eigenvalue weighted by Gasteiger charge is -2.07. The van der Waals surface area contributed by atoms with E-state index in [-0.39, 0.29) is 24.3 Å². The van der Waals surface area contributed by atoms with Crippen LogP contribution in [0.4, 0.5) is 10.1 Å². The Labute approximate surface area is 103 Å². The molecule has 0 fully saturated rings. The first-order chi connectivity index (χ1) is 8.47. The predicted octanol–water partition coefficient (Wildman–Crippen LogP) is 1.30. The summed E-state index contributed by atoms with van der Waals surface area (Å²) in [6, 6.07) is 2.59. The van der Waals surface area contributed by atoms with Crippen LogP contribution in [0, 0.1) is 22.9 Å². The number of hydrogen-bond acceptors (Lipinski definition) is 5. The summed E-state index contributed by atoms with van der Waals surface area (Å²) in [6.07, 6.45) is 0. The maximum atomic E-state index is 13.8. The predicted molar refractivity (Wildman–Crippen MR) is 61.5 cm³/mol. The van der Waals surface area contributed by atoms with Crippen LogP contribution >= 0.6 is 0 Å². The molecular weight excluding hydrogens is 243 g/mol. The SMILES string of the molecule is COC(=O)CNCc1c([N+](=O)[O-])ccc(C)c1F. The maximum absolute atomic E-state index is 13.8. The number of aryl methyl sites for hydroxylation is 1. The minimum absolute atomic E-state index is 0.0658. The van der Waals surface area contributed by atoms with E-state index in [0.29, 0.717) is 5.56 Å². The zero-order valence-corrected chi connectivity index (χ0v) is 10.0. The molecule has 0 radical (unpaired) electrons. The molecule has 0 aliphatic heterocycles. The standard InChI is InChI=1S/C11H13FN2O4/c1-7-3-4-9(14(16)17)8(11(7)12)5-13-6-10(15)18-2/h3-4,13H,5-6H2,1-2H3. The zero-order chi connectivity index (χ0) is 13.7. The van der Waals surface area contributed by atoms with Gasteiger partial charge in [-0.25, -0.2) is 4.39 Å². The highest BCUT2D eigenvalue weighted by atomic mass is 19.1. The molecule has 0 amide bonds. The molecule has 0 spiro atoms. The van der Waals surface area contributed by atoms with E-state index in [2.05, 4.69) is 10.1 Å². The Kier molecular flexibility index (Phi) is 4.73. The van der Waals surface area contributed by atoms with Gasteiger partial charge in [-0.05, 0) is 18.6 Å². The van der Waals surface area contributed by atoms with Crippen LogP contribution in [0.25, 0.3) is 0 Å². The fourth-order valence-corrected chi connectivity index (χ4v) is 1.43. The second-order valence-electron chi connectivity index (χ2n) is 3.63. The molecule has 1 aromatic carbocycles. The number of nitro groups is 1. The Bertz CT molecular complexity index is 476. The fraction of sp³-hybridized carbons (Fsp3) is 0.364. The van der Waals surface area contributed by atoms with Gasteiger partial charge in [0.2, 0.25) is 0 Å². The quantitative estimate of drug-likeness (QED) is 0.488. The Morgan fingerprint density at radius 3 is 2.78 bits per heavy atom. The number of carbonyl (C=O) groups excluding carboxylic acids is 1. The molecule has 6 nitrogen and oxygen atoms in total. The van der Waals surface area contributed by atoms with Crippen molar-refractivity contribution < 1.29 is 18.8 Å². The number of nitrogens with zero attached hydrogens (tertiary/aromatic N) is 1. The van der Waals surface area contributed by atoms with Crippen molar-refractivity contribution in [1.82, 2.24) is 5.32 Å². The summed E-state index contributed by atoms with van der Waals surface area (Å²) in [6.45, 7) is 1.27. The molecular formula is C11H13FN2O4. The van der Waals surface area contributed by atoms with Crippen LogP contribution in [-0.4, -0.2) is 24.5 Å². The molecule has 1 N–H and O–H groups in total. The number of benzene rings is 1. The van der Waals surface area contributed by atoms with Crippen LogP contribution in [0.15, 0.2) is 12.1 Å². The van der Waals surface area contributed by atoms with Gasteiger partial charge in [0.25, 0.3) is 5.69 Å². The van der Waals surface area contributed by atoms with Gasteiger partial charge in [-0.2, -0.15) is 0 Å². The highest BCUT2D eigenvalue weighted by Gasteiger charge is 2.19. The van der Waals surface area contributed by atoms with Crippen molar-refractivity contribution in [3.05, 3.63) is 39.2 Å². The Morgan fingerprint density at radius 1 is 1.56 bits per heavy atom. The number of rotatable bonds is 5. The lowest BCUT2D eigenvalue weighted by molar-refractivity contribution is -0.385. The Hall–Kier alpha value is -2.02. The van der Waals surface area contributed by atoms with Crippen LogP contribution in [-0.2, 0) is 16.1 Å². The van der Waals surface area contributed by atoms with Crippen molar-refractivity contribution in [1.29, 1.82) is 0 Å². The number of halogens is 1. The van der Waals surface area contributed by atoms with Gasteiger partial charge in [-0.3, -0.25) is 14.9 Å². The minimum Gasteiger partial charge on any atom is -0.468 e. The molecule has 7 heteroatoms. The second-order valence-corrected chi connectivity index (χ2v) is 3.63. The van der Waals surface area contributed by atoms with Gasteiger partial charge in [-0.15, -0.1) is 0 Å². The lowest BCUT2D eigenvalue weighted by atomic mass is 10.1. The first kappa shape index (κ1) is 14.0. The van der Waals surface area contributed by atoms with E-state index in [4.69, 9.17) is 0 Å². The number of nitrogens with one attached hydrogen (secondary N) is 1. The zero-order valence-electron chi connectivity index (χ0n) is 10.0. The molecule has 0 bridgehead atoms. The van der Waals surface area contributed by atoms with Gasteiger partial charge >= 0.3 is 5.97 Å². The van der Waals surface area contributed by atoms with E-state index < -0.39 is 16.7 Å². The second kappa shape index (κ2) is 6.06. The first-order valence-electron chi connectivity index (χ1n) is 5.17. The average molecular weight is 256 g/mol. The van der Waals surface area contributed by atoms with Gasteiger partial charge in [0.15, 0.2) is 0 Å². The van der Waals surface area contributed by atoms with Gasteiger partial charge in [0.1, 0.15) is 5.82 Å². The molecule has 0 atom stereocenters. The third-order valence-electron chi connectivity index (χ3n) is 2.41. The van der Waals surface area contributed by atoms with E-state index in [1.807, 2.05) is 0 Å². The average Bonchev–Trinajstić information content (AvgIpc) is 2.33. The van der Waals surface area contributed by atoms with Crippen molar-refractivity contribution in [3.8, 4) is 0 Å². The summed E-state index contributed by atoms with van der Waals surface area (Å²) in [5.74, 6) is -1.16. The van der Waals surface area contributed by atoms with Crippen molar-refractivity contribution in [2.75, 3.05) is 13.7 Å². The molecule has 1 aromatic rings. The highest BCUT2D eigenvalue weighted by molar-refractivity contribution is 5.71. The summed E-state index contributed by atoms with van der Waals surface area (Å²) < 4.78 is 18.2. The van der Waals surface area contributed by atoms with E-state index in [1.165, 1.54) is 26.2 Å². The highest BCUT2D eigenvalue weighted by Crippen LogP contribution is 2.23. The summed E-state index contributed by atoms with van der Waals surface area (Å²) in [5, 5.41) is 13.4. The van der Waals surface area contributed by atoms with Gasteiger partial charge < -0.3 is 10.1 Å². The fourth-order valence-electron chi connectivity index (χ4n) is 1.43. The number of carbonyl (C=O) groups is 1. The van der Waals surface area contributed by atoms with E-state index in [0.717, 1.165) is 0 Å². The molecule has 0 aliphatic carbocycles. The van der Waals surface area contributed by atoms with Crippen LogP contribution in [0.1, 0.15) is 11.1 Å². The third kappa shape index (κ3) is 3.24. The van der Waals surface area contributed by atoms with Crippen LogP contribution in [0.3, 0.4) is 0 Å². The monoisotopic (exact) mass is 256 g/mol. The molecule has 0 aliphatic rings. The number of ether oxygens (including phenoxy) is 1. The Morgan fingerprint density at radius 2 is 2.22 bits per heavy atom. The molecule has 1 rings (SSSR count). The Balaban J connectivity index is 2.89. The molecule has 0 heterocycles. The van der Waals surface area contributed by atoms with Gasteiger partial charge in [0.05, 0.1) is 24.1 Å². The minimum atomic E-state index is -0.655. The van der Waals surface area contributed by atoms with Gasteiger partial charge in [-0.1, -0.05) is 0 Å². The van der Waals surface area contributed by atoms with Crippen LogP contribution < -0.4 is 5.32 Å². The number of hydrogen-bond donors (Lipinski definition) is 1. The molecule has 0 saturated carbocycles. The van der Waals surface area contributed by atoms with E-state index >= 15 is 0 Å². The number of methoxy groups -OCH3 is 1. The molecule has 0 aromatic heterocycles. The number of esters is 1. The van der Waals surface area contributed by atoms with Crippen molar-refractivity contribution in [3.63, 3.8) is 0 Å². The summed E-state index contributed by atoms with van der Waals surface area (Å²) >= 11 is 0. The summed E-state index contributed by atoms with van der Waals surface area (Å²) in [4.78, 5) is 21.0. The normalized spacial score (nSPS) is 10.2. The van der Waals surface area contributed by atoms with Crippen molar-refractivity contribution in [2.45, 2.75) is 13.5 Å². The summed E-state index contributed by atoms with van der Waals surface area (Å²) in [7, 11) is 1.22. The molecule has 0 saturated heterocycles. The molecule has 0 unspecified atom stereocenters. The lowest BCUT2D eigenvalue weighted by Crippen LogP contribution is -2.24. The number of nitro benzene ring substituents is 1. The van der Waals surface area contributed by atoms with Crippen molar-refractivity contribution >= 4 is 11.7 Å². The van der Waals surface area contributed by atoms with Crippen LogP contribution in [0.5, 0.6) is 0 Å². The first-order valence-corrected chi connectivity index (χ1v) is 5.17. The maximum Gasteiger partial charge on any atom is 0.319 e. The third-order valence-corrected chi connectivity index (χ3v) is 2.41. The van der Waals surface area contributed by atoms with E-state index in [9.17, 15) is 19.3 Å². The largest absolute Gasteiger partial charge is 0.468 e. The van der Waals surface area contributed by atoms with Crippen molar-refractivity contribution in [2.24, 2.45) is 0 Å². The van der Waals surface area contributed by atoms with E-state index in [1.54, 1.807) is 0 Å². The van der Waals surface area contributed by atoms with Crippen LogP contribution in [0.2, 0.25) is 0 Å². The molecule has 18 heavy (non-hydrogen) atoms. The smallest absolute Gasteiger partial charge is 0.319 e. The topological polar surface area (TPSA) is 81.5 Å². The molecule has 98 valence electrons.